The maximum Gasteiger partial charge on any atom is 0.416 e. The summed E-state index contributed by atoms with van der Waals surface area (Å²) in [7, 11) is 1.55. The van der Waals surface area contributed by atoms with Crippen LogP contribution in [0.1, 0.15) is 50.6 Å². The summed E-state index contributed by atoms with van der Waals surface area (Å²) in [5.74, 6) is -1.53. The zero-order valence-corrected chi connectivity index (χ0v) is 20.5. The SMILES string of the molecule is COc1ccccc1-c1cc(C(=O)N2CCC(c3ccc(C(=O)N=C(N)N)cc3C(F)(F)F)CC2)ccn1. The molecule has 0 spiro atoms. The smallest absolute Gasteiger partial charge is 0.416 e. The summed E-state index contributed by atoms with van der Waals surface area (Å²) in [5.41, 5.74) is 11.0. The molecule has 1 saturated heterocycles. The number of benzene rings is 2. The number of carbonyl (C=O) groups excluding carboxylic acids is 2. The van der Waals surface area contributed by atoms with Gasteiger partial charge in [-0.05, 0) is 60.7 Å². The van der Waals surface area contributed by atoms with Gasteiger partial charge in [0.25, 0.3) is 11.8 Å². The molecule has 8 nitrogen and oxygen atoms in total. The van der Waals surface area contributed by atoms with E-state index in [9.17, 15) is 22.8 Å². The number of aliphatic imine (C=N–C) groups is 1. The van der Waals surface area contributed by atoms with Crippen LogP contribution in [-0.2, 0) is 6.18 Å². The Kier molecular flexibility index (Phi) is 7.65. The molecule has 2 heterocycles. The fraction of sp³-hybridized carbons (Fsp3) is 0.259. The number of nitrogens with zero attached hydrogens (tertiary/aromatic N) is 3. The Hall–Kier alpha value is -4.41. The Labute approximate surface area is 217 Å². The summed E-state index contributed by atoms with van der Waals surface area (Å²) in [4.78, 5) is 34.6. The molecule has 4 N–H and O–H groups in total. The lowest BCUT2D eigenvalue weighted by molar-refractivity contribution is -0.138. The van der Waals surface area contributed by atoms with E-state index in [2.05, 4.69) is 9.98 Å². The Morgan fingerprint density at radius 3 is 2.39 bits per heavy atom. The van der Waals surface area contributed by atoms with E-state index in [4.69, 9.17) is 16.2 Å². The second-order valence-corrected chi connectivity index (χ2v) is 8.84. The molecule has 0 radical (unpaired) electrons. The van der Waals surface area contributed by atoms with Gasteiger partial charge in [0.2, 0.25) is 0 Å². The van der Waals surface area contributed by atoms with Gasteiger partial charge in [-0.15, -0.1) is 0 Å². The average molecular weight is 526 g/mol. The molecule has 0 bridgehead atoms. The van der Waals surface area contributed by atoms with Gasteiger partial charge >= 0.3 is 6.18 Å². The number of guanidine groups is 1. The van der Waals surface area contributed by atoms with Crippen molar-refractivity contribution in [3.63, 3.8) is 0 Å². The minimum absolute atomic E-state index is 0.0771. The number of methoxy groups -OCH3 is 1. The summed E-state index contributed by atoms with van der Waals surface area (Å²) in [5, 5.41) is 0. The minimum atomic E-state index is -4.68. The van der Waals surface area contributed by atoms with Gasteiger partial charge < -0.3 is 21.1 Å². The van der Waals surface area contributed by atoms with Crippen molar-refractivity contribution in [3.05, 3.63) is 83.0 Å². The summed E-state index contributed by atoms with van der Waals surface area (Å²) in [6, 6.07) is 14.0. The number of likely N-dealkylation sites (tertiary alicyclic amines) is 1. The highest BCUT2D eigenvalue weighted by atomic mass is 19.4. The average Bonchev–Trinajstić information content (AvgIpc) is 2.91. The van der Waals surface area contributed by atoms with Gasteiger partial charge in [0.15, 0.2) is 5.96 Å². The number of ether oxygens (including phenoxy) is 1. The number of pyridine rings is 1. The molecular weight excluding hydrogens is 499 g/mol. The lowest BCUT2D eigenvalue weighted by atomic mass is 9.85. The van der Waals surface area contributed by atoms with Crippen LogP contribution in [0.15, 0.2) is 65.8 Å². The van der Waals surface area contributed by atoms with E-state index in [1.165, 1.54) is 12.1 Å². The normalized spacial score (nSPS) is 14.2. The van der Waals surface area contributed by atoms with E-state index >= 15 is 0 Å². The minimum Gasteiger partial charge on any atom is -0.496 e. The fourth-order valence-corrected chi connectivity index (χ4v) is 4.62. The molecule has 0 atom stereocenters. The number of para-hydroxylation sites is 1. The summed E-state index contributed by atoms with van der Waals surface area (Å²) in [6.07, 6.45) is -2.47. The standard InChI is InChI=1S/C27H26F3N5O3/c1-38-23-5-3-2-4-20(23)22-15-18(8-11-33-22)25(37)35-12-9-16(10-13-35)19-7-6-17(24(36)34-26(31)32)14-21(19)27(28,29)30/h2-8,11,14-16H,9-10,12-13H2,1H3,(H4,31,32,34,36). The zero-order chi connectivity index (χ0) is 27.4. The molecule has 11 heteroatoms. The number of hydrogen-bond donors (Lipinski definition) is 2. The number of aromatic nitrogens is 1. The van der Waals surface area contributed by atoms with Gasteiger partial charge in [-0.3, -0.25) is 14.6 Å². The molecule has 4 rings (SSSR count). The monoisotopic (exact) mass is 525 g/mol. The maximum absolute atomic E-state index is 13.9. The molecule has 2 amide bonds. The predicted molar refractivity (Wildman–Crippen MR) is 136 cm³/mol. The highest BCUT2D eigenvalue weighted by Gasteiger charge is 2.37. The summed E-state index contributed by atoms with van der Waals surface area (Å²) in [6.45, 7) is 0.559. The Morgan fingerprint density at radius 1 is 1.03 bits per heavy atom. The van der Waals surface area contributed by atoms with E-state index in [0.717, 1.165) is 11.6 Å². The fourth-order valence-electron chi connectivity index (χ4n) is 4.62. The van der Waals surface area contributed by atoms with Crippen molar-refractivity contribution in [2.75, 3.05) is 20.2 Å². The second kappa shape index (κ2) is 10.9. The molecule has 0 aliphatic carbocycles. The molecular formula is C27H26F3N5O3. The number of carbonyl (C=O) groups is 2. The Morgan fingerprint density at radius 2 is 1.74 bits per heavy atom. The van der Waals surface area contributed by atoms with E-state index < -0.39 is 29.5 Å². The number of hydrogen-bond acceptors (Lipinski definition) is 4. The van der Waals surface area contributed by atoms with E-state index in [-0.39, 0.29) is 30.1 Å². The number of halogens is 3. The first-order valence-electron chi connectivity index (χ1n) is 11.8. The first-order chi connectivity index (χ1) is 18.1. The number of nitrogens with two attached hydrogens (primary N) is 2. The van der Waals surface area contributed by atoms with Crippen LogP contribution in [0.5, 0.6) is 5.75 Å². The summed E-state index contributed by atoms with van der Waals surface area (Å²) >= 11 is 0. The number of amides is 2. The Bertz CT molecular complexity index is 1380. The first kappa shape index (κ1) is 26.6. The molecule has 1 aliphatic rings. The van der Waals surface area contributed by atoms with Gasteiger partial charge in [0.05, 0.1) is 18.4 Å². The number of alkyl halides is 3. The zero-order valence-electron chi connectivity index (χ0n) is 20.5. The van der Waals surface area contributed by atoms with E-state index in [1.807, 2.05) is 18.2 Å². The maximum atomic E-state index is 13.9. The quantitative estimate of drug-likeness (QED) is 0.380. The summed E-state index contributed by atoms with van der Waals surface area (Å²) < 4.78 is 47.1. The van der Waals surface area contributed by atoms with Crippen molar-refractivity contribution in [2.45, 2.75) is 24.9 Å². The van der Waals surface area contributed by atoms with Crippen LogP contribution >= 0.6 is 0 Å². The lowest BCUT2D eigenvalue weighted by Crippen LogP contribution is -2.38. The number of piperidine rings is 1. The van der Waals surface area contributed by atoms with Crippen molar-refractivity contribution < 1.29 is 27.5 Å². The van der Waals surface area contributed by atoms with Gasteiger partial charge in [-0.2, -0.15) is 18.2 Å². The van der Waals surface area contributed by atoms with Crippen LogP contribution in [-0.4, -0.2) is 47.9 Å². The highest BCUT2D eigenvalue weighted by molar-refractivity contribution is 6.02. The van der Waals surface area contributed by atoms with Crippen molar-refractivity contribution in [2.24, 2.45) is 16.5 Å². The van der Waals surface area contributed by atoms with Crippen LogP contribution in [0.25, 0.3) is 11.3 Å². The molecule has 1 fully saturated rings. The molecule has 1 aromatic heterocycles. The molecule has 38 heavy (non-hydrogen) atoms. The van der Waals surface area contributed by atoms with Crippen molar-refractivity contribution in [3.8, 4) is 17.0 Å². The molecule has 0 saturated carbocycles. The third kappa shape index (κ3) is 5.77. The third-order valence-corrected chi connectivity index (χ3v) is 6.45. The van der Waals surface area contributed by atoms with Crippen LogP contribution in [0, 0.1) is 0 Å². The highest BCUT2D eigenvalue weighted by Crippen LogP contribution is 2.39. The largest absolute Gasteiger partial charge is 0.496 e. The van der Waals surface area contributed by atoms with Crippen LogP contribution in [0.4, 0.5) is 13.2 Å². The lowest BCUT2D eigenvalue weighted by Gasteiger charge is -2.33. The van der Waals surface area contributed by atoms with E-state index in [0.29, 0.717) is 29.8 Å². The second-order valence-electron chi connectivity index (χ2n) is 8.84. The Balaban J connectivity index is 1.51. The van der Waals surface area contributed by atoms with Crippen LogP contribution < -0.4 is 16.2 Å². The molecule has 198 valence electrons. The molecule has 1 aliphatic heterocycles. The first-order valence-corrected chi connectivity index (χ1v) is 11.8. The predicted octanol–water partition coefficient (Wildman–Crippen LogP) is 4.21. The van der Waals surface area contributed by atoms with Crippen molar-refractivity contribution in [1.29, 1.82) is 0 Å². The molecule has 2 aromatic carbocycles. The van der Waals surface area contributed by atoms with E-state index in [1.54, 1.807) is 36.4 Å². The topological polar surface area (TPSA) is 124 Å². The van der Waals surface area contributed by atoms with Crippen molar-refractivity contribution in [1.82, 2.24) is 9.88 Å². The van der Waals surface area contributed by atoms with Gasteiger partial charge in [0.1, 0.15) is 5.75 Å². The van der Waals surface area contributed by atoms with Crippen LogP contribution in [0.2, 0.25) is 0 Å². The molecule has 0 unspecified atom stereocenters. The van der Waals surface area contributed by atoms with Crippen molar-refractivity contribution >= 4 is 17.8 Å². The molecule has 3 aromatic rings. The van der Waals surface area contributed by atoms with Crippen LogP contribution in [0.3, 0.4) is 0 Å². The van der Waals surface area contributed by atoms with Gasteiger partial charge in [-0.25, -0.2) is 0 Å². The van der Waals surface area contributed by atoms with Gasteiger partial charge in [0, 0.05) is 36.0 Å². The van der Waals surface area contributed by atoms with Gasteiger partial charge in [-0.1, -0.05) is 18.2 Å². The third-order valence-electron chi connectivity index (χ3n) is 6.45. The number of rotatable bonds is 5.